The van der Waals surface area contributed by atoms with Crippen LogP contribution in [0.15, 0.2) is 66.7 Å². The summed E-state index contributed by atoms with van der Waals surface area (Å²) >= 11 is 0. The molecule has 0 amide bonds. The van der Waals surface area contributed by atoms with Gasteiger partial charge in [-0.3, -0.25) is 0 Å². The Morgan fingerprint density at radius 3 is 2.37 bits per heavy atom. The van der Waals surface area contributed by atoms with Crippen molar-refractivity contribution in [3.05, 3.63) is 89.1 Å². The Hall–Kier alpha value is -4.27. The molecule has 3 aromatic carbocycles. The number of halogens is 3. The first-order chi connectivity index (χ1) is 16.6. The second kappa shape index (κ2) is 9.17. The van der Waals surface area contributed by atoms with Crippen LogP contribution in [0.2, 0.25) is 0 Å². The van der Waals surface area contributed by atoms with Gasteiger partial charge in [-0.25, -0.2) is 9.48 Å². The van der Waals surface area contributed by atoms with E-state index in [4.69, 9.17) is 4.74 Å². The quantitative estimate of drug-likeness (QED) is 0.323. The van der Waals surface area contributed by atoms with E-state index in [1.807, 2.05) is 13.0 Å². The van der Waals surface area contributed by atoms with Crippen LogP contribution in [0.5, 0.6) is 5.75 Å². The Balaban J connectivity index is 2.05. The Labute approximate surface area is 199 Å². The second-order valence-corrected chi connectivity index (χ2v) is 7.98. The molecule has 0 radical (unpaired) electrons. The largest absolute Gasteiger partial charge is 0.497 e. The van der Waals surface area contributed by atoms with Crippen molar-refractivity contribution in [2.24, 2.45) is 0 Å². The fourth-order valence-electron chi connectivity index (χ4n) is 3.80. The maximum Gasteiger partial charge on any atom is 0.435 e. The lowest BCUT2D eigenvalue weighted by molar-refractivity contribution is -0.140. The van der Waals surface area contributed by atoms with Crippen molar-refractivity contribution in [3.63, 3.8) is 0 Å². The van der Waals surface area contributed by atoms with E-state index < -0.39 is 17.8 Å². The molecule has 0 spiro atoms. The SMILES string of the molecule is COc1ccc(Nc2c(-c3ccccc3)c(C(F)(F)F)nn2-c2cc(C)ccc2C)c(C(=O)O)c1. The van der Waals surface area contributed by atoms with Crippen molar-refractivity contribution in [1.82, 2.24) is 9.78 Å². The highest BCUT2D eigenvalue weighted by atomic mass is 19.4. The molecule has 35 heavy (non-hydrogen) atoms. The number of aromatic carboxylic acids is 1. The van der Waals surface area contributed by atoms with E-state index in [2.05, 4.69) is 10.4 Å². The van der Waals surface area contributed by atoms with E-state index in [-0.39, 0.29) is 28.2 Å². The molecule has 180 valence electrons. The summed E-state index contributed by atoms with van der Waals surface area (Å²) in [5, 5.41) is 16.7. The van der Waals surface area contributed by atoms with Crippen molar-refractivity contribution < 1.29 is 27.8 Å². The number of nitrogens with one attached hydrogen (secondary N) is 1. The maximum atomic E-state index is 14.3. The molecule has 0 aliphatic heterocycles. The van der Waals surface area contributed by atoms with Crippen LogP contribution < -0.4 is 10.1 Å². The van der Waals surface area contributed by atoms with Gasteiger partial charge >= 0.3 is 12.1 Å². The van der Waals surface area contributed by atoms with Gasteiger partial charge in [0.25, 0.3) is 0 Å². The number of carboxylic acid groups (broad SMARTS) is 1. The molecule has 0 atom stereocenters. The minimum absolute atomic E-state index is 0.00936. The van der Waals surface area contributed by atoms with Crippen LogP contribution in [0, 0.1) is 13.8 Å². The highest BCUT2D eigenvalue weighted by Gasteiger charge is 2.40. The van der Waals surface area contributed by atoms with Gasteiger partial charge in [-0.1, -0.05) is 42.5 Å². The van der Waals surface area contributed by atoms with E-state index in [9.17, 15) is 23.1 Å². The molecule has 9 heteroatoms. The number of aromatic nitrogens is 2. The van der Waals surface area contributed by atoms with Gasteiger partial charge < -0.3 is 15.2 Å². The summed E-state index contributed by atoms with van der Waals surface area (Å²) in [4.78, 5) is 12.0. The highest BCUT2D eigenvalue weighted by molar-refractivity contribution is 5.96. The average molecular weight is 481 g/mol. The predicted molar refractivity (Wildman–Crippen MR) is 127 cm³/mol. The van der Waals surface area contributed by atoms with Gasteiger partial charge in [-0.05, 0) is 54.8 Å². The molecular weight excluding hydrogens is 459 g/mol. The predicted octanol–water partition coefficient (Wildman–Crippen LogP) is 6.63. The molecule has 0 fully saturated rings. The molecular formula is C26H22F3N3O3. The third-order valence-corrected chi connectivity index (χ3v) is 5.52. The topological polar surface area (TPSA) is 76.4 Å². The summed E-state index contributed by atoms with van der Waals surface area (Å²) < 4.78 is 49.1. The van der Waals surface area contributed by atoms with E-state index in [1.54, 1.807) is 49.4 Å². The monoisotopic (exact) mass is 481 g/mol. The third-order valence-electron chi connectivity index (χ3n) is 5.52. The van der Waals surface area contributed by atoms with Gasteiger partial charge in [0.1, 0.15) is 11.6 Å². The molecule has 0 aliphatic rings. The molecule has 0 unspecified atom stereocenters. The van der Waals surface area contributed by atoms with Crippen molar-refractivity contribution in [3.8, 4) is 22.6 Å². The number of hydrogen-bond donors (Lipinski definition) is 2. The van der Waals surface area contributed by atoms with Crippen LogP contribution in [0.3, 0.4) is 0 Å². The number of ether oxygens (including phenoxy) is 1. The second-order valence-electron chi connectivity index (χ2n) is 7.98. The normalized spacial score (nSPS) is 11.4. The number of nitrogens with zero attached hydrogens (tertiary/aromatic N) is 2. The molecule has 0 saturated carbocycles. The van der Waals surface area contributed by atoms with Crippen LogP contribution in [0.1, 0.15) is 27.2 Å². The fourth-order valence-corrected chi connectivity index (χ4v) is 3.80. The summed E-state index contributed by atoms with van der Waals surface area (Å²) in [6, 6.07) is 17.7. The first kappa shape index (κ1) is 23.9. The van der Waals surface area contributed by atoms with E-state index in [0.717, 1.165) is 5.56 Å². The Morgan fingerprint density at radius 2 is 1.74 bits per heavy atom. The van der Waals surface area contributed by atoms with Crippen LogP contribution in [0.25, 0.3) is 16.8 Å². The molecule has 4 aromatic rings. The molecule has 2 N–H and O–H groups in total. The number of hydrogen-bond acceptors (Lipinski definition) is 4. The zero-order chi connectivity index (χ0) is 25.3. The number of carboxylic acids is 1. The number of benzene rings is 3. The Kier molecular flexibility index (Phi) is 6.26. The van der Waals surface area contributed by atoms with Gasteiger partial charge in [0.15, 0.2) is 5.69 Å². The van der Waals surface area contributed by atoms with E-state index in [1.165, 1.54) is 30.0 Å². The highest BCUT2D eigenvalue weighted by Crippen LogP contribution is 2.43. The van der Waals surface area contributed by atoms with E-state index >= 15 is 0 Å². The lowest BCUT2D eigenvalue weighted by atomic mass is 10.0. The summed E-state index contributed by atoms with van der Waals surface area (Å²) in [6.45, 7) is 3.60. The lowest BCUT2D eigenvalue weighted by Crippen LogP contribution is -2.09. The first-order valence-electron chi connectivity index (χ1n) is 10.6. The van der Waals surface area contributed by atoms with Crippen molar-refractivity contribution in [1.29, 1.82) is 0 Å². The van der Waals surface area contributed by atoms with Crippen LogP contribution >= 0.6 is 0 Å². The van der Waals surface area contributed by atoms with Crippen LogP contribution in [0.4, 0.5) is 24.7 Å². The molecule has 1 aromatic heterocycles. The smallest absolute Gasteiger partial charge is 0.435 e. The molecule has 6 nitrogen and oxygen atoms in total. The molecule has 0 saturated heterocycles. The summed E-state index contributed by atoms with van der Waals surface area (Å²) in [5.41, 5.74) is 0.903. The van der Waals surface area contributed by atoms with Crippen molar-refractivity contribution in [2.75, 3.05) is 12.4 Å². The van der Waals surface area contributed by atoms with Gasteiger partial charge in [0.2, 0.25) is 0 Å². The summed E-state index contributed by atoms with van der Waals surface area (Å²) in [5.74, 6) is -0.971. The minimum Gasteiger partial charge on any atom is -0.497 e. The minimum atomic E-state index is -4.76. The molecule has 0 aliphatic carbocycles. The Bertz CT molecular complexity index is 1400. The molecule has 0 bridgehead atoms. The number of rotatable bonds is 6. The third kappa shape index (κ3) is 4.70. The van der Waals surface area contributed by atoms with Gasteiger partial charge in [0.05, 0.1) is 29.6 Å². The van der Waals surface area contributed by atoms with Gasteiger partial charge in [0, 0.05) is 0 Å². The van der Waals surface area contributed by atoms with Gasteiger partial charge in [-0.2, -0.15) is 18.3 Å². The molecule has 4 rings (SSSR count). The summed E-state index contributed by atoms with van der Waals surface area (Å²) in [7, 11) is 1.40. The zero-order valence-corrected chi connectivity index (χ0v) is 19.1. The number of alkyl halides is 3. The van der Waals surface area contributed by atoms with Crippen molar-refractivity contribution >= 4 is 17.5 Å². The fraction of sp³-hybridized carbons (Fsp3) is 0.154. The van der Waals surface area contributed by atoms with Crippen LogP contribution in [-0.2, 0) is 6.18 Å². The zero-order valence-electron chi connectivity index (χ0n) is 19.1. The maximum absolute atomic E-state index is 14.3. The van der Waals surface area contributed by atoms with Crippen LogP contribution in [-0.4, -0.2) is 28.0 Å². The number of anilines is 2. The van der Waals surface area contributed by atoms with Gasteiger partial charge in [-0.15, -0.1) is 0 Å². The first-order valence-corrected chi connectivity index (χ1v) is 10.6. The number of aryl methyl sites for hydroxylation is 2. The standard InChI is InChI=1S/C26H22F3N3O3/c1-15-9-10-16(2)21(13-15)32-24(30-20-12-11-18(35-3)14-19(20)25(33)34)22(17-7-5-4-6-8-17)23(31-32)26(27,28)29/h4-14,30H,1-3H3,(H,33,34). The van der Waals surface area contributed by atoms with E-state index in [0.29, 0.717) is 17.0 Å². The number of methoxy groups -OCH3 is 1. The lowest BCUT2D eigenvalue weighted by Gasteiger charge is -2.16. The van der Waals surface area contributed by atoms with Crippen molar-refractivity contribution in [2.45, 2.75) is 20.0 Å². The molecule has 1 heterocycles. The summed E-state index contributed by atoms with van der Waals surface area (Å²) in [6.07, 6.45) is -4.76. The Morgan fingerprint density at radius 1 is 1.03 bits per heavy atom. The average Bonchev–Trinajstić information content (AvgIpc) is 3.20. The number of carbonyl (C=O) groups is 1.